The highest BCUT2D eigenvalue weighted by Crippen LogP contribution is 1.85. The van der Waals surface area contributed by atoms with Gasteiger partial charge >= 0.3 is 0 Å². The van der Waals surface area contributed by atoms with Crippen molar-refractivity contribution in [1.82, 2.24) is 9.97 Å². The quantitative estimate of drug-likeness (QED) is 0.599. The Morgan fingerprint density at radius 2 is 1.73 bits per heavy atom. The van der Waals surface area contributed by atoms with E-state index in [1.54, 1.807) is 12.3 Å². The first-order chi connectivity index (χ1) is 3.39. The van der Waals surface area contributed by atoms with Gasteiger partial charge in [-0.25, -0.2) is 9.97 Å². The van der Waals surface area contributed by atoms with Crippen molar-refractivity contribution in [2.45, 2.75) is 0 Å². The second-order valence-electron chi connectivity index (χ2n) is 1.13. The van der Waals surface area contributed by atoms with E-state index in [2.05, 4.69) is 9.97 Å². The average molecular weight is 204 g/mol. The summed E-state index contributed by atoms with van der Waals surface area (Å²) in [6.45, 7) is 0. The first-order valence-electron chi connectivity index (χ1n) is 1.91. The smallest absolute Gasteiger partial charge is 0.126 e. The lowest BCUT2D eigenvalue weighted by Gasteiger charge is -1.82. The van der Waals surface area contributed by atoms with E-state index in [0.717, 1.165) is 0 Å². The molecule has 1 rings (SSSR count). The average Bonchev–Trinajstić information content (AvgIpc) is 1.69. The van der Waals surface area contributed by atoms with Gasteiger partial charge in [-0.2, -0.15) is 0 Å². The standard InChI is InChI=1S/C4H5N3.2ClH.2H2O/c5-4-1-2-6-3-7-4;;;;/h1-3H,(H2,5,6,7);2*1H;2*1H2. The summed E-state index contributed by atoms with van der Waals surface area (Å²) in [5, 5.41) is 0. The number of nitrogens with two attached hydrogens (primary N) is 1. The normalized spacial score (nSPS) is 5.45. The zero-order valence-electron chi connectivity index (χ0n) is 5.52. The molecule has 0 spiro atoms. The van der Waals surface area contributed by atoms with Crippen LogP contribution < -0.4 is 5.73 Å². The van der Waals surface area contributed by atoms with Crippen LogP contribution in [0.25, 0.3) is 0 Å². The maximum atomic E-state index is 5.21. The van der Waals surface area contributed by atoms with Gasteiger partial charge in [0.15, 0.2) is 0 Å². The molecule has 1 aromatic rings. The Morgan fingerprint density at radius 1 is 1.18 bits per heavy atom. The van der Waals surface area contributed by atoms with Gasteiger partial charge < -0.3 is 16.7 Å². The van der Waals surface area contributed by atoms with Gasteiger partial charge in [0, 0.05) is 6.20 Å². The Hall–Kier alpha value is -0.620. The van der Waals surface area contributed by atoms with Crippen LogP contribution in [0.3, 0.4) is 0 Å². The van der Waals surface area contributed by atoms with Crippen LogP contribution in [0.4, 0.5) is 5.82 Å². The Balaban J connectivity index is -0.0000000612. The summed E-state index contributed by atoms with van der Waals surface area (Å²) in [7, 11) is 0. The minimum atomic E-state index is 0. The third kappa shape index (κ3) is 9.38. The van der Waals surface area contributed by atoms with Gasteiger partial charge in [-0.1, -0.05) is 0 Å². The van der Waals surface area contributed by atoms with Crippen LogP contribution in [0.2, 0.25) is 0 Å². The summed E-state index contributed by atoms with van der Waals surface area (Å²) < 4.78 is 0. The predicted octanol–water partition coefficient (Wildman–Crippen LogP) is -0.747. The van der Waals surface area contributed by atoms with Gasteiger partial charge in [0.1, 0.15) is 12.1 Å². The minimum Gasteiger partial charge on any atom is -0.412 e. The molecular weight excluding hydrogens is 193 g/mol. The molecule has 0 radical (unpaired) electrons. The van der Waals surface area contributed by atoms with Crippen LogP contribution in [-0.2, 0) is 0 Å². The second kappa shape index (κ2) is 12.1. The Morgan fingerprint density at radius 3 is 1.91 bits per heavy atom. The monoisotopic (exact) mass is 203 g/mol. The molecule has 0 aliphatic heterocycles. The molecule has 68 valence electrons. The molecule has 0 saturated heterocycles. The van der Waals surface area contributed by atoms with E-state index in [4.69, 9.17) is 5.73 Å². The Labute approximate surface area is 76.5 Å². The zero-order valence-corrected chi connectivity index (χ0v) is 7.15. The highest BCUT2D eigenvalue weighted by Gasteiger charge is 1.74. The van der Waals surface area contributed by atoms with Gasteiger partial charge in [0.2, 0.25) is 0 Å². The second-order valence-corrected chi connectivity index (χ2v) is 1.13. The van der Waals surface area contributed by atoms with E-state index in [1.165, 1.54) is 6.33 Å². The third-order valence-corrected chi connectivity index (χ3v) is 0.605. The molecule has 1 heterocycles. The molecule has 0 bridgehead atoms. The molecule has 0 amide bonds. The van der Waals surface area contributed by atoms with Crippen molar-refractivity contribution in [3.8, 4) is 0 Å². The maximum Gasteiger partial charge on any atom is 0.126 e. The Kier molecular flexibility index (Phi) is 24.7. The summed E-state index contributed by atoms with van der Waals surface area (Å²) in [4.78, 5) is 7.30. The van der Waals surface area contributed by atoms with Crippen LogP contribution in [0.15, 0.2) is 18.6 Å². The SMILES string of the molecule is Cl.Cl.Nc1ccncn1.O.O. The van der Waals surface area contributed by atoms with Crippen molar-refractivity contribution in [1.29, 1.82) is 0 Å². The number of hydrogen-bond donors (Lipinski definition) is 1. The molecule has 6 N–H and O–H groups in total. The molecule has 5 nitrogen and oxygen atoms in total. The number of nitrogens with zero attached hydrogens (tertiary/aromatic N) is 2. The molecule has 11 heavy (non-hydrogen) atoms. The molecule has 0 unspecified atom stereocenters. The molecule has 0 fully saturated rings. The fourth-order valence-electron chi connectivity index (χ4n) is 0.301. The van der Waals surface area contributed by atoms with Crippen molar-refractivity contribution in [2.75, 3.05) is 5.73 Å². The summed E-state index contributed by atoms with van der Waals surface area (Å²) in [5.74, 6) is 0.509. The fraction of sp³-hybridized carbons (Fsp3) is 0. The van der Waals surface area contributed by atoms with Crippen molar-refractivity contribution < 1.29 is 11.0 Å². The summed E-state index contributed by atoms with van der Waals surface area (Å²) in [5.41, 5.74) is 5.21. The van der Waals surface area contributed by atoms with Crippen LogP contribution >= 0.6 is 24.8 Å². The van der Waals surface area contributed by atoms with E-state index in [0.29, 0.717) is 5.82 Å². The van der Waals surface area contributed by atoms with Gasteiger partial charge in [-0.3, -0.25) is 0 Å². The number of rotatable bonds is 0. The molecule has 7 heteroatoms. The molecular formula is C4H11Cl2N3O2. The van der Waals surface area contributed by atoms with Crippen LogP contribution in [0, 0.1) is 0 Å². The lowest BCUT2D eigenvalue weighted by Crippen LogP contribution is -1.87. The summed E-state index contributed by atoms with van der Waals surface area (Å²) in [6, 6.07) is 1.64. The van der Waals surface area contributed by atoms with Crippen LogP contribution in [0.5, 0.6) is 0 Å². The highest BCUT2D eigenvalue weighted by atomic mass is 35.5. The van der Waals surface area contributed by atoms with Gasteiger partial charge in [0.05, 0.1) is 0 Å². The van der Waals surface area contributed by atoms with Crippen molar-refractivity contribution in [2.24, 2.45) is 0 Å². The summed E-state index contributed by atoms with van der Waals surface area (Å²) in [6.07, 6.45) is 3.01. The van der Waals surface area contributed by atoms with Crippen molar-refractivity contribution >= 4 is 30.6 Å². The first kappa shape index (κ1) is 22.4. The van der Waals surface area contributed by atoms with E-state index in [-0.39, 0.29) is 35.8 Å². The zero-order chi connectivity index (χ0) is 5.11. The van der Waals surface area contributed by atoms with Crippen molar-refractivity contribution in [3.63, 3.8) is 0 Å². The Bertz CT molecular complexity index is 151. The van der Waals surface area contributed by atoms with E-state index < -0.39 is 0 Å². The highest BCUT2D eigenvalue weighted by molar-refractivity contribution is 5.85. The lowest BCUT2D eigenvalue weighted by atomic mass is 10.6. The number of anilines is 1. The fourth-order valence-corrected chi connectivity index (χ4v) is 0.301. The van der Waals surface area contributed by atoms with Crippen LogP contribution in [0.1, 0.15) is 0 Å². The largest absolute Gasteiger partial charge is 0.412 e. The third-order valence-electron chi connectivity index (χ3n) is 0.605. The van der Waals surface area contributed by atoms with E-state index in [1.807, 2.05) is 0 Å². The molecule has 0 aliphatic rings. The molecule has 0 saturated carbocycles. The molecule has 1 aromatic heterocycles. The number of aromatic nitrogens is 2. The van der Waals surface area contributed by atoms with E-state index in [9.17, 15) is 0 Å². The molecule has 0 atom stereocenters. The molecule has 0 aliphatic carbocycles. The van der Waals surface area contributed by atoms with Crippen molar-refractivity contribution in [3.05, 3.63) is 18.6 Å². The molecule has 0 aromatic carbocycles. The van der Waals surface area contributed by atoms with Gasteiger partial charge in [-0.15, -0.1) is 24.8 Å². The van der Waals surface area contributed by atoms with Crippen LogP contribution in [-0.4, -0.2) is 20.9 Å². The summed E-state index contributed by atoms with van der Waals surface area (Å²) >= 11 is 0. The lowest BCUT2D eigenvalue weighted by molar-refractivity contribution is 0.823. The van der Waals surface area contributed by atoms with Gasteiger partial charge in [-0.05, 0) is 6.07 Å². The van der Waals surface area contributed by atoms with Gasteiger partial charge in [0.25, 0.3) is 0 Å². The number of nitrogen functional groups attached to an aromatic ring is 1. The minimum absolute atomic E-state index is 0. The topological polar surface area (TPSA) is 115 Å². The van der Waals surface area contributed by atoms with E-state index >= 15 is 0 Å². The predicted molar refractivity (Wildman–Crippen MR) is 48.2 cm³/mol. The maximum absolute atomic E-state index is 5.21. The number of hydrogen-bond acceptors (Lipinski definition) is 3. The number of halogens is 2. The first-order valence-corrected chi connectivity index (χ1v) is 1.91.